The van der Waals surface area contributed by atoms with Gasteiger partial charge in [-0.25, -0.2) is 0 Å². The van der Waals surface area contributed by atoms with E-state index in [1.165, 1.54) is 0 Å². The smallest absolute Gasteiger partial charge is 0.195 e. The maximum atomic E-state index is 12.9. The summed E-state index contributed by atoms with van der Waals surface area (Å²) in [6.07, 6.45) is 4.21. The summed E-state index contributed by atoms with van der Waals surface area (Å²) in [5, 5.41) is 21.0. The molecule has 1 atom stereocenters. The van der Waals surface area contributed by atoms with Crippen molar-refractivity contribution in [2.75, 3.05) is 0 Å². The van der Waals surface area contributed by atoms with Crippen LogP contribution in [-0.4, -0.2) is 21.6 Å². The van der Waals surface area contributed by atoms with Crippen LogP contribution in [0.1, 0.15) is 39.2 Å². The quantitative estimate of drug-likeness (QED) is 0.874. The van der Waals surface area contributed by atoms with Gasteiger partial charge in [-0.05, 0) is 68.0 Å². The van der Waals surface area contributed by atoms with Gasteiger partial charge in [-0.2, -0.15) is 0 Å². The van der Waals surface area contributed by atoms with Gasteiger partial charge in [-0.3, -0.25) is 4.79 Å². The van der Waals surface area contributed by atoms with Crippen molar-refractivity contribution in [2.24, 2.45) is 5.41 Å². The van der Waals surface area contributed by atoms with E-state index in [2.05, 4.69) is 6.92 Å². The fourth-order valence-electron chi connectivity index (χ4n) is 4.49. The fraction of sp³-hybridized carbons (Fsp3) is 0.381. The van der Waals surface area contributed by atoms with E-state index in [9.17, 15) is 15.0 Å². The average Bonchev–Trinajstić information content (AvgIpc) is 3.29. The van der Waals surface area contributed by atoms with Crippen LogP contribution in [0.15, 0.2) is 58.2 Å². The second kappa shape index (κ2) is 4.70. The molecule has 0 aromatic heterocycles. The standard InChI is InChI=1S/C21H22O3/c1-12-10-16-18(15(12)11-14-6-4-5-7-17(14)22)13(2)21(8-9-21)20(3,24)19(16)23/h4-7,10,22,24H,8-9,11H2,1-3H3/t20-/m0/s1. The summed E-state index contributed by atoms with van der Waals surface area (Å²) in [5.41, 5.74) is 4.06. The topological polar surface area (TPSA) is 57.5 Å². The maximum Gasteiger partial charge on any atom is 0.195 e. The number of allylic oxidation sites excluding steroid dienone is 4. The lowest BCUT2D eigenvalue weighted by Crippen LogP contribution is -2.49. The highest BCUT2D eigenvalue weighted by Gasteiger charge is 2.64. The number of para-hydroxylation sites is 1. The highest BCUT2D eigenvalue weighted by atomic mass is 16.3. The van der Waals surface area contributed by atoms with Gasteiger partial charge in [0.05, 0.1) is 0 Å². The maximum absolute atomic E-state index is 12.9. The number of Topliss-reactive ketones (excluding diaryl/α,β-unsaturated/α-hetero) is 1. The Bertz CT molecular complexity index is 861. The molecule has 3 heteroatoms. The molecule has 1 fully saturated rings. The van der Waals surface area contributed by atoms with Gasteiger partial charge in [0.1, 0.15) is 11.4 Å². The number of fused-ring (bicyclic) bond motifs is 1. The summed E-state index contributed by atoms with van der Waals surface area (Å²) < 4.78 is 0. The molecule has 1 aromatic carbocycles. The zero-order valence-electron chi connectivity index (χ0n) is 14.3. The zero-order valence-corrected chi connectivity index (χ0v) is 14.3. The predicted octanol–water partition coefficient (Wildman–Crippen LogP) is 3.62. The van der Waals surface area contributed by atoms with Crippen LogP contribution in [0.3, 0.4) is 0 Å². The molecule has 0 bridgehead atoms. The number of rotatable bonds is 2. The van der Waals surface area contributed by atoms with Gasteiger partial charge in [-0.1, -0.05) is 23.8 Å². The minimum absolute atomic E-state index is 0.160. The minimum atomic E-state index is -1.31. The molecular weight excluding hydrogens is 300 g/mol. The number of carbonyl (C=O) groups is 1. The monoisotopic (exact) mass is 322 g/mol. The number of aromatic hydroxyl groups is 1. The fourth-order valence-corrected chi connectivity index (χ4v) is 4.49. The lowest BCUT2D eigenvalue weighted by molar-refractivity contribution is -0.137. The van der Waals surface area contributed by atoms with Gasteiger partial charge in [0, 0.05) is 17.4 Å². The highest BCUT2D eigenvalue weighted by molar-refractivity contribution is 6.10. The number of benzene rings is 1. The van der Waals surface area contributed by atoms with Gasteiger partial charge >= 0.3 is 0 Å². The van der Waals surface area contributed by atoms with E-state index in [1.54, 1.807) is 13.0 Å². The van der Waals surface area contributed by atoms with Crippen molar-refractivity contribution in [3.63, 3.8) is 0 Å². The average molecular weight is 322 g/mol. The normalized spacial score (nSPS) is 27.7. The van der Waals surface area contributed by atoms with Crippen LogP contribution in [0.5, 0.6) is 5.75 Å². The van der Waals surface area contributed by atoms with E-state index in [0.29, 0.717) is 12.0 Å². The summed E-state index contributed by atoms with van der Waals surface area (Å²) in [6, 6.07) is 7.32. The molecule has 3 aliphatic carbocycles. The largest absolute Gasteiger partial charge is 0.508 e. The molecule has 0 radical (unpaired) electrons. The Labute approximate surface area is 142 Å². The molecule has 0 aliphatic heterocycles. The van der Waals surface area contributed by atoms with Crippen LogP contribution in [0.25, 0.3) is 0 Å². The summed E-state index contributed by atoms with van der Waals surface area (Å²) in [6.45, 7) is 5.73. The first-order valence-corrected chi connectivity index (χ1v) is 8.47. The second-order valence-electron chi connectivity index (χ2n) is 7.51. The molecule has 24 heavy (non-hydrogen) atoms. The van der Waals surface area contributed by atoms with Crippen molar-refractivity contribution in [1.29, 1.82) is 0 Å². The Morgan fingerprint density at radius 1 is 1.17 bits per heavy atom. The Hall–Kier alpha value is -2.13. The Kier molecular flexibility index (Phi) is 3.02. The summed E-state index contributed by atoms with van der Waals surface area (Å²) in [4.78, 5) is 12.9. The second-order valence-corrected chi connectivity index (χ2v) is 7.51. The van der Waals surface area contributed by atoms with E-state index >= 15 is 0 Å². The SMILES string of the molecule is CC1=C(Cc2ccccc2O)C2=C(C)C3(CC3)[C@@](C)(O)C(=O)C2=C1. The van der Waals surface area contributed by atoms with Gasteiger partial charge in [0.25, 0.3) is 0 Å². The molecule has 0 amide bonds. The lowest BCUT2D eigenvalue weighted by Gasteiger charge is -2.39. The molecular formula is C21H22O3. The number of aliphatic hydroxyl groups is 1. The number of hydrogen-bond acceptors (Lipinski definition) is 3. The molecule has 124 valence electrons. The summed E-state index contributed by atoms with van der Waals surface area (Å²) in [5.74, 6) is 0.118. The molecule has 2 N–H and O–H groups in total. The van der Waals surface area contributed by atoms with Crippen LogP contribution in [0.2, 0.25) is 0 Å². The number of hydrogen-bond donors (Lipinski definition) is 2. The zero-order chi connectivity index (χ0) is 17.3. The molecule has 1 aromatic rings. The van der Waals surface area contributed by atoms with Gasteiger partial charge in [0.15, 0.2) is 5.78 Å². The van der Waals surface area contributed by atoms with Crippen LogP contribution in [-0.2, 0) is 11.2 Å². The van der Waals surface area contributed by atoms with Crippen LogP contribution in [0, 0.1) is 5.41 Å². The van der Waals surface area contributed by atoms with E-state index in [4.69, 9.17) is 0 Å². The third kappa shape index (κ3) is 1.79. The highest BCUT2D eigenvalue weighted by Crippen LogP contribution is 2.65. The molecule has 3 nitrogen and oxygen atoms in total. The van der Waals surface area contributed by atoms with Crippen molar-refractivity contribution in [3.05, 3.63) is 63.8 Å². The van der Waals surface area contributed by atoms with Crippen molar-refractivity contribution < 1.29 is 15.0 Å². The van der Waals surface area contributed by atoms with Crippen molar-refractivity contribution in [2.45, 2.75) is 45.6 Å². The first-order valence-electron chi connectivity index (χ1n) is 8.47. The molecule has 0 unspecified atom stereocenters. The molecule has 3 aliphatic rings. The summed E-state index contributed by atoms with van der Waals surface area (Å²) >= 11 is 0. The van der Waals surface area contributed by atoms with Gasteiger partial charge in [0.2, 0.25) is 0 Å². The van der Waals surface area contributed by atoms with E-state index < -0.39 is 11.0 Å². The van der Waals surface area contributed by atoms with Crippen molar-refractivity contribution in [1.82, 2.24) is 0 Å². The minimum Gasteiger partial charge on any atom is -0.508 e. The van der Waals surface area contributed by atoms with Gasteiger partial charge in [-0.15, -0.1) is 0 Å². The number of phenolic OH excluding ortho intramolecular Hbond substituents is 1. The molecule has 0 saturated heterocycles. The van der Waals surface area contributed by atoms with E-state index in [1.807, 2.05) is 31.2 Å². The third-order valence-electron chi connectivity index (χ3n) is 6.23. The van der Waals surface area contributed by atoms with Crippen LogP contribution < -0.4 is 0 Å². The van der Waals surface area contributed by atoms with Crippen LogP contribution >= 0.6 is 0 Å². The molecule has 1 saturated carbocycles. The first kappa shape index (κ1) is 15.4. The summed E-state index contributed by atoms with van der Waals surface area (Å²) in [7, 11) is 0. The van der Waals surface area contributed by atoms with Gasteiger partial charge < -0.3 is 10.2 Å². The first-order chi connectivity index (χ1) is 11.3. The predicted molar refractivity (Wildman–Crippen MR) is 92.6 cm³/mol. The van der Waals surface area contributed by atoms with Crippen molar-refractivity contribution >= 4 is 5.78 Å². The Morgan fingerprint density at radius 3 is 2.46 bits per heavy atom. The Morgan fingerprint density at radius 2 is 1.83 bits per heavy atom. The number of phenols is 1. The molecule has 0 heterocycles. The lowest BCUT2D eigenvalue weighted by atomic mass is 9.67. The Balaban J connectivity index is 1.84. The van der Waals surface area contributed by atoms with E-state index in [0.717, 1.165) is 40.7 Å². The number of ketones is 1. The number of carbonyl (C=O) groups excluding carboxylic acids is 1. The van der Waals surface area contributed by atoms with Crippen molar-refractivity contribution in [3.8, 4) is 5.75 Å². The van der Waals surface area contributed by atoms with E-state index in [-0.39, 0.29) is 11.5 Å². The van der Waals surface area contributed by atoms with Crippen LogP contribution in [0.4, 0.5) is 0 Å². The molecule has 1 spiro atoms. The molecule has 4 rings (SSSR count). The third-order valence-corrected chi connectivity index (χ3v) is 6.23.